The second-order valence-electron chi connectivity index (χ2n) is 5.03. The van der Waals surface area contributed by atoms with Crippen molar-refractivity contribution < 1.29 is 14.3 Å². The molecular formula is C14H19N3O4. The summed E-state index contributed by atoms with van der Waals surface area (Å²) in [6.07, 6.45) is 4.54. The summed E-state index contributed by atoms with van der Waals surface area (Å²) < 4.78 is 4.74. The third kappa shape index (κ3) is 3.68. The number of rotatable bonds is 5. The number of carbonyl (C=O) groups excluding carboxylic acids is 2. The molecule has 0 amide bonds. The van der Waals surface area contributed by atoms with Gasteiger partial charge < -0.3 is 19.4 Å². The maximum absolute atomic E-state index is 11.9. The second-order valence-corrected chi connectivity index (χ2v) is 5.03. The van der Waals surface area contributed by atoms with Gasteiger partial charge in [0.1, 0.15) is 6.29 Å². The Morgan fingerprint density at radius 1 is 1.52 bits per heavy atom. The lowest BCUT2D eigenvalue weighted by Gasteiger charge is -2.31. The largest absolute Gasteiger partial charge is 0.469 e. The fourth-order valence-corrected chi connectivity index (χ4v) is 2.48. The number of ether oxygens (including phenoxy) is 1. The molecule has 0 saturated carbocycles. The molecule has 1 fully saturated rings. The van der Waals surface area contributed by atoms with Gasteiger partial charge in [-0.25, -0.2) is 4.98 Å². The summed E-state index contributed by atoms with van der Waals surface area (Å²) in [5, 5.41) is 0. The molecule has 0 aliphatic carbocycles. The molecule has 0 aromatic carbocycles. The van der Waals surface area contributed by atoms with Crippen molar-refractivity contribution in [3.05, 3.63) is 22.2 Å². The van der Waals surface area contributed by atoms with E-state index in [2.05, 4.69) is 9.97 Å². The van der Waals surface area contributed by atoms with Gasteiger partial charge in [0, 0.05) is 25.7 Å². The number of esters is 1. The molecule has 1 N–H and O–H groups in total. The lowest BCUT2D eigenvalue weighted by Crippen LogP contribution is -2.40. The fourth-order valence-electron chi connectivity index (χ4n) is 2.48. The number of anilines is 1. The molecule has 0 atom stereocenters. The highest BCUT2D eigenvalue weighted by molar-refractivity contribution is 5.72. The molecule has 1 aliphatic rings. The van der Waals surface area contributed by atoms with Crippen molar-refractivity contribution in [2.24, 2.45) is 5.92 Å². The number of carbonyl (C=O) groups is 2. The first-order valence-electron chi connectivity index (χ1n) is 7.00. The van der Waals surface area contributed by atoms with E-state index in [0.717, 1.165) is 6.29 Å². The Bertz CT molecular complexity index is 562. The number of aryl methyl sites for hydroxylation is 1. The van der Waals surface area contributed by atoms with Gasteiger partial charge in [-0.2, -0.15) is 0 Å². The van der Waals surface area contributed by atoms with Crippen LogP contribution in [0.15, 0.2) is 11.0 Å². The van der Waals surface area contributed by atoms with Crippen molar-refractivity contribution in [3.8, 4) is 0 Å². The number of nitrogens with one attached hydrogen (secondary N) is 1. The molecular weight excluding hydrogens is 274 g/mol. The van der Waals surface area contributed by atoms with Crippen molar-refractivity contribution in [1.29, 1.82) is 0 Å². The normalized spacial score (nSPS) is 15.8. The van der Waals surface area contributed by atoms with Gasteiger partial charge in [0.2, 0.25) is 0 Å². The van der Waals surface area contributed by atoms with Gasteiger partial charge in [0.15, 0.2) is 5.82 Å². The second kappa shape index (κ2) is 7.01. The number of aromatic nitrogens is 2. The molecule has 21 heavy (non-hydrogen) atoms. The Morgan fingerprint density at radius 3 is 2.86 bits per heavy atom. The topological polar surface area (TPSA) is 92.4 Å². The summed E-state index contributed by atoms with van der Waals surface area (Å²) in [7, 11) is 1.39. The zero-order valence-electron chi connectivity index (χ0n) is 12.0. The van der Waals surface area contributed by atoms with Crippen LogP contribution in [0.3, 0.4) is 0 Å². The smallest absolute Gasteiger partial charge is 0.308 e. The van der Waals surface area contributed by atoms with Crippen LogP contribution in [0.1, 0.15) is 25.0 Å². The highest BCUT2D eigenvalue weighted by atomic mass is 16.5. The Morgan fingerprint density at radius 2 is 2.24 bits per heavy atom. The van der Waals surface area contributed by atoms with Crippen LogP contribution in [0.25, 0.3) is 0 Å². The van der Waals surface area contributed by atoms with Crippen LogP contribution >= 0.6 is 0 Å². The Hall–Kier alpha value is -2.18. The van der Waals surface area contributed by atoms with E-state index in [-0.39, 0.29) is 17.4 Å². The van der Waals surface area contributed by atoms with Gasteiger partial charge in [-0.3, -0.25) is 9.59 Å². The van der Waals surface area contributed by atoms with E-state index in [9.17, 15) is 14.4 Å². The molecule has 1 aliphatic heterocycles. The van der Waals surface area contributed by atoms with Crippen molar-refractivity contribution >= 4 is 18.1 Å². The van der Waals surface area contributed by atoms with E-state index >= 15 is 0 Å². The molecule has 7 heteroatoms. The highest BCUT2D eigenvalue weighted by Crippen LogP contribution is 2.21. The van der Waals surface area contributed by atoms with E-state index in [4.69, 9.17) is 4.74 Å². The van der Waals surface area contributed by atoms with Crippen molar-refractivity contribution in [2.75, 3.05) is 25.1 Å². The van der Waals surface area contributed by atoms with Gasteiger partial charge in [0.05, 0.1) is 18.7 Å². The Labute approximate surface area is 122 Å². The summed E-state index contributed by atoms with van der Waals surface area (Å²) in [4.78, 5) is 42.7. The molecule has 114 valence electrons. The van der Waals surface area contributed by atoms with Gasteiger partial charge in [-0.05, 0) is 19.3 Å². The SMILES string of the molecule is COC(=O)C1CCN(c2nc(CCC=O)c[nH]c2=O)CC1. The quantitative estimate of drug-likeness (QED) is 0.619. The Kier molecular flexibility index (Phi) is 5.08. The van der Waals surface area contributed by atoms with E-state index in [1.165, 1.54) is 13.3 Å². The minimum Gasteiger partial charge on any atom is -0.469 e. The van der Waals surface area contributed by atoms with Crippen molar-refractivity contribution in [2.45, 2.75) is 25.7 Å². The van der Waals surface area contributed by atoms with E-state index < -0.39 is 0 Å². The van der Waals surface area contributed by atoms with E-state index in [1.807, 2.05) is 4.90 Å². The molecule has 0 radical (unpaired) electrons. The summed E-state index contributed by atoms with van der Waals surface area (Å²) in [5.41, 5.74) is 0.438. The van der Waals surface area contributed by atoms with Crippen molar-refractivity contribution in [1.82, 2.24) is 9.97 Å². The minimum absolute atomic E-state index is 0.108. The van der Waals surface area contributed by atoms with Crippen LogP contribution < -0.4 is 10.5 Å². The van der Waals surface area contributed by atoms with Gasteiger partial charge in [-0.15, -0.1) is 0 Å². The first kappa shape index (κ1) is 15.2. The van der Waals surface area contributed by atoms with Gasteiger partial charge in [-0.1, -0.05) is 0 Å². The van der Waals surface area contributed by atoms with Crippen LogP contribution in [-0.4, -0.2) is 42.4 Å². The average molecular weight is 293 g/mol. The first-order valence-corrected chi connectivity index (χ1v) is 7.00. The number of aromatic amines is 1. The number of piperidine rings is 1. The molecule has 7 nitrogen and oxygen atoms in total. The first-order chi connectivity index (χ1) is 10.2. The summed E-state index contributed by atoms with van der Waals surface area (Å²) in [6.45, 7) is 1.18. The van der Waals surface area contributed by atoms with Gasteiger partial charge in [0.25, 0.3) is 5.56 Å². The zero-order valence-corrected chi connectivity index (χ0v) is 12.0. The van der Waals surface area contributed by atoms with Crippen LogP contribution in [0.5, 0.6) is 0 Å². The van der Waals surface area contributed by atoms with Crippen molar-refractivity contribution in [3.63, 3.8) is 0 Å². The van der Waals surface area contributed by atoms with Crippen LogP contribution in [0.2, 0.25) is 0 Å². The predicted molar refractivity (Wildman–Crippen MR) is 76.2 cm³/mol. The lowest BCUT2D eigenvalue weighted by atomic mass is 9.97. The average Bonchev–Trinajstić information content (AvgIpc) is 2.53. The van der Waals surface area contributed by atoms with Crippen LogP contribution in [0, 0.1) is 5.92 Å². The number of H-pyrrole nitrogens is 1. The molecule has 0 spiro atoms. The molecule has 2 rings (SSSR count). The molecule has 2 heterocycles. The molecule has 1 aromatic rings. The number of nitrogens with zero attached hydrogens (tertiary/aromatic N) is 2. The summed E-state index contributed by atoms with van der Waals surface area (Å²) in [5.74, 6) is 0.0570. The third-order valence-corrected chi connectivity index (χ3v) is 3.67. The number of hydrogen-bond acceptors (Lipinski definition) is 6. The molecule has 1 aromatic heterocycles. The lowest BCUT2D eigenvalue weighted by molar-refractivity contribution is -0.146. The monoisotopic (exact) mass is 293 g/mol. The fraction of sp³-hybridized carbons (Fsp3) is 0.571. The Balaban J connectivity index is 2.07. The minimum atomic E-state index is -0.249. The molecule has 1 saturated heterocycles. The highest BCUT2D eigenvalue weighted by Gasteiger charge is 2.27. The van der Waals surface area contributed by atoms with E-state index in [0.29, 0.717) is 50.3 Å². The summed E-state index contributed by atoms with van der Waals surface area (Å²) >= 11 is 0. The third-order valence-electron chi connectivity index (χ3n) is 3.67. The summed E-state index contributed by atoms with van der Waals surface area (Å²) in [6, 6.07) is 0. The van der Waals surface area contributed by atoms with E-state index in [1.54, 1.807) is 0 Å². The molecule has 0 bridgehead atoms. The standard InChI is InChI=1S/C14H19N3O4/c1-21-14(20)10-4-6-17(7-5-10)12-13(19)15-9-11(16-12)3-2-8-18/h8-10H,2-7H2,1H3,(H,15,19). The number of aldehydes is 1. The zero-order chi connectivity index (χ0) is 15.2. The van der Waals surface area contributed by atoms with Crippen LogP contribution in [0.4, 0.5) is 5.82 Å². The van der Waals surface area contributed by atoms with Crippen LogP contribution in [-0.2, 0) is 20.7 Å². The maximum atomic E-state index is 11.9. The number of hydrogen-bond donors (Lipinski definition) is 1. The number of methoxy groups -OCH3 is 1. The predicted octanol–water partition coefficient (Wildman–Crippen LogP) is 0.291. The van der Waals surface area contributed by atoms with Gasteiger partial charge >= 0.3 is 5.97 Å². The maximum Gasteiger partial charge on any atom is 0.308 e. The molecule has 0 unspecified atom stereocenters.